The fourth-order valence-electron chi connectivity index (χ4n) is 3.31. The fraction of sp³-hybridized carbons (Fsp3) is 0.522. The van der Waals surface area contributed by atoms with E-state index in [0.29, 0.717) is 35.3 Å². The zero-order valence-electron chi connectivity index (χ0n) is 18.7. The summed E-state index contributed by atoms with van der Waals surface area (Å²) in [7, 11) is 0. The number of nitrogens with zero attached hydrogens (tertiary/aromatic N) is 2. The molecule has 1 atom stereocenters. The Bertz CT molecular complexity index is 933. The molecule has 0 saturated carbocycles. The highest BCUT2D eigenvalue weighted by molar-refractivity contribution is 7.99. The van der Waals surface area contributed by atoms with E-state index in [0.717, 1.165) is 36.4 Å². The number of esters is 1. The van der Waals surface area contributed by atoms with Crippen LogP contribution in [0.25, 0.3) is 5.69 Å². The van der Waals surface area contributed by atoms with Crippen LogP contribution in [-0.2, 0) is 16.0 Å². The smallest absolute Gasteiger partial charge is 0.356 e. The monoisotopic (exact) mass is 468 g/mol. The van der Waals surface area contributed by atoms with Gasteiger partial charge in [-0.3, -0.25) is 4.79 Å². The number of thioether (sulfide) groups is 1. The second-order valence-corrected chi connectivity index (χ2v) is 8.56. The van der Waals surface area contributed by atoms with Crippen LogP contribution >= 0.6 is 11.8 Å². The largest absolute Gasteiger partial charge is 0.476 e. The Balaban J connectivity index is 2.14. The van der Waals surface area contributed by atoms with Gasteiger partial charge in [0, 0.05) is 11.3 Å². The normalized spacial score (nSPS) is 12.0. The number of carbonyl (C=O) groups excluding carboxylic acids is 1. The van der Waals surface area contributed by atoms with Crippen molar-refractivity contribution in [3.05, 3.63) is 41.1 Å². The third kappa shape index (κ3) is 6.54. The predicted molar refractivity (Wildman–Crippen MR) is 119 cm³/mol. The zero-order chi connectivity index (χ0) is 23.7. The number of aromatic carboxylic acids is 1. The molecule has 1 aromatic heterocycles. The molecule has 0 fully saturated rings. The average molecular weight is 469 g/mol. The van der Waals surface area contributed by atoms with E-state index in [-0.39, 0.29) is 23.8 Å². The molecule has 176 valence electrons. The minimum Gasteiger partial charge on any atom is -0.476 e. The van der Waals surface area contributed by atoms with E-state index in [1.165, 1.54) is 23.9 Å². The van der Waals surface area contributed by atoms with Crippen molar-refractivity contribution in [1.29, 1.82) is 0 Å². The van der Waals surface area contributed by atoms with E-state index in [1.807, 2.05) is 0 Å². The summed E-state index contributed by atoms with van der Waals surface area (Å²) < 4.78 is 34.7. The van der Waals surface area contributed by atoms with Gasteiger partial charge in [0.2, 0.25) is 0 Å². The number of carboxylic acid groups (broad SMARTS) is 1. The van der Waals surface area contributed by atoms with Crippen LogP contribution in [-0.4, -0.2) is 39.2 Å². The van der Waals surface area contributed by atoms with Gasteiger partial charge in [0.1, 0.15) is 10.7 Å². The van der Waals surface area contributed by atoms with Crippen molar-refractivity contribution in [2.75, 3.05) is 12.4 Å². The van der Waals surface area contributed by atoms with Crippen LogP contribution in [0.4, 0.5) is 8.78 Å². The first-order chi connectivity index (χ1) is 15.3. The van der Waals surface area contributed by atoms with Gasteiger partial charge in [-0.05, 0) is 30.9 Å². The first-order valence-electron chi connectivity index (χ1n) is 10.9. The van der Waals surface area contributed by atoms with Crippen LogP contribution in [0.15, 0.2) is 23.2 Å². The molecule has 32 heavy (non-hydrogen) atoms. The van der Waals surface area contributed by atoms with Gasteiger partial charge in [0.15, 0.2) is 17.3 Å². The Morgan fingerprint density at radius 3 is 2.62 bits per heavy atom. The van der Waals surface area contributed by atoms with Crippen molar-refractivity contribution in [2.45, 2.75) is 64.3 Å². The van der Waals surface area contributed by atoms with Crippen LogP contribution in [0.2, 0.25) is 0 Å². The van der Waals surface area contributed by atoms with Gasteiger partial charge in [0.25, 0.3) is 0 Å². The summed E-state index contributed by atoms with van der Waals surface area (Å²) in [6, 6.07) is 3.64. The lowest BCUT2D eigenvalue weighted by Crippen LogP contribution is -2.14. The molecule has 2 rings (SSSR count). The molecule has 0 bridgehead atoms. The van der Waals surface area contributed by atoms with Crippen LogP contribution in [0.5, 0.6) is 0 Å². The summed E-state index contributed by atoms with van der Waals surface area (Å²) in [5.41, 5.74) is 0.00655. The molecule has 0 aliphatic carbocycles. The van der Waals surface area contributed by atoms with Gasteiger partial charge >= 0.3 is 11.9 Å². The second kappa shape index (κ2) is 12.6. The van der Waals surface area contributed by atoms with E-state index in [9.17, 15) is 23.5 Å². The summed E-state index contributed by atoms with van der Waals surface area (Å²) in [5.74, 6) is -3.13. The average Bonchev–Trinajstić information content (AvgIpc) is 3.14. The number of benzene rings is 1. The minimum absolute atomic E-state index is 0.108. The quantitative estimate of drug-likeness (QED) is 0.302. The summed E-state index contributed by atoms with van der Waals surface area (Å²) in [6.07, 6.45) is 4.60. The number of hydrogen-bond donors (Lipinski definition) is 1. The number of carboxylic acids is 1. The van der Waals surface area contributed by atoms with Crippen LogP contribution in [0.1, 0.15) is 68.9 Å². The van der Waals surface area contributed by atoms with Crippen molar-refractivity contribution < 1.29 is 28.2 Å². The lowest BCUT2D eigenvalue weighted by Gasteiger charge is -2.14. The van der Waals surface area contributed by atoms with Gasteiger partial charge in [0.05, 0.1) is 13.0 Å². The van der Waals surface area contributed by atoms with E-state index < -0.39 is 17.6 Å². The maximum atomic E-state index is 14.4. The number of hydrogen-bond acceptors (Lipinski definition) is 5. The Labute approximate surface area is 191 Å². The van der Waals surface area contributed by atoms with Crippen molar-refractivity contribution in [3.8, 4) is 5.69 Å². The number of aromatic nitrogens is 2. The maximum absolute atomic E-state index is 14.4. The van der Waals surface area contributed by atoms with Crippen LogP contribution in [0.3, 0.4) is 0 Å². The summed E-state index contributed by atoms with van der Waals surface area (Å²) in [6.45, 7) is 6.34. The van der Waals surface area contributed by atoms with Crippen molar-refractivity contribution in [1.82, 2.24) is 9.78 Å². The van der Waals surface area contributed by atoms with Crippen molar-refractivity contribution in [3.63, 3.8) is 0 Å². The summed E-state index contributed by atoms with van der Waals surface area (Å²) in [5, 5.41) is 13.9. The van der Waals surface area contributed by atoms with Gasteiger partial charge in [-0.25, -0.2) is 18.3 Å². The third-order valence-corrected chi connectivity index (χ3v) is 6.32. The second-order valence-electron chi connectivity index (χ2n) is 7.47. The first-order valence-corrected chi connectivity index (χ1v) is 11.9. The molecule has 0 aliphatic rings. The molecular weight excluding hydrogens is 438 g/mol. The Morgan fingerprint density at radius 1 is 1.25 bits per heavy atom. The fourth-order valence-corrected chi connectivity index (χ4v) is 4.44. The summed E-state index contributed by atoms with van der Waals surface area (Å²) in [4.78, 5) is 23.8. The van der Waals surface area contributed by atoms with Gasteiger partial charge in [-0.1, -0.05) is 46.1 Å². The standard InChI is InChI=1S/C23H30F2N2O4S/c1-4-7-9-15(5-2)14-31-19(28)12-13-32-22-16(6-3)21(23(29)30)26-27(22)18-11-8-10-17(24)20(18)25/h8,10-11,15H,4-7,9,12-14H2,1-3H3,(H,29,30). The number of carbonyl (C=O) groups is 2. The molecule has 1 N–H and O–H groups in total. The zero-order valence-corrected chi connectivity index (χ0v) is 19.5. The highest BCUT2D eigenvalue weighted by Crippen LogP contribution is 2.31. The molecular formula is C23H30F2N2O4S. The molecule has 1 unspecified atom stereocenters. The Morgan fingerprint density at radius 2 is 2.00 bits per heavy atom. The van der Waals surface area contributed by atoms with Crippen molar-refractivity contribution in [2.24, 2.45) is 5.92 Å². The highest BCUT2D eigenvalue weighted by Gasteiger charge is 2.25. The SMILES string of the molecule is CCCCC(CC)COC(=O)CCSc1c(CC)c(C(=O)O)nn1-c1cccc(F)c1F. The first kappa shape index (κ1) is 25.8. The lowest BCUT2D eigenvalue weighted by atomic mass is 10.0. The Hall–Kier alpha value is -2.42. The lowest BCUT2D eigenvalue weighted by molar-refractivity contribution is -0.144. The van der Waals surface area contributed by atoms with Crippen molar-refractivity contribution >= 4 is 23.7 Å². The van der Waals surface area contributed by atoms with E-state index in [1.54, 1.807) is 6.92 Å². The van der Waals surface area contributed by atoms with Crippen LogP contribution in [0, 0.1) is 17.6 Å². The predicted octanol–water partition coefficient (Wildman–Crippen LogP) is 5.65. The van der Waals surface area contributed by atoms with Gasteiger partial charge in [-0.15, -0.1) is 11.8 Å². The number of rotatable bonds is 13. The highest BCUT2D eigenvalue weighted by atomic mass is 32.2. The molecule has 0 spiro atoms. The molecule has 0 aliphatic heterocycles. The molecule has 0 radical (unpaired) electrons. The van der Waals surface area contributed by atoms with Gasteiger partial charge in [-0.2, -0.15) is 5.10 Å². The van der Waals surface area contributed by atoms with E-state index in [4.69, 9.17) is 4.74 Å². The third-order valence-electron chi connectivity index (χ3n) is 5.22. The van der Waals surface area contributed by atoms with E-state index >= 15 is 0 Å². The molecule has 9 heteroatoms. The number of halogens is 2. The minimum atomic E-state index is -1.25. The molecule has 6 nitrogen and oxygen atoms in total. The molecule has 0 saturated heterocycles. The summed E-state index contributed by atoms with van der Waals surface area (Å²) >= 11 is 1.18. The molecule has 2 aromatic rings. The Kier molecular flexibility index (Phi) is 10.2. The molecule has 1 aromatic carbocycles. The van der Waals surface area contributed by atoms with Gasteiger partial charge < -0.3 is 9.84 Å². The topological polar surface area (TPSA) is 81.4 Å². The van der Waals surface area contributed by atoms with Crippen LogP contribution < -0.4 is 0 Å². The number of unbranched alkanes of at least 4 members (excludes halogenated alkanes) is 1. The van der Waals surface area contributed by atoms with E-state index in [2.05, 4.69) is 18.9 Å². The molecule has 0 amide bonds. The maximum Gasteiger partial charge on any atom is 0.356 e. The number of ether oxygens (including phenoxy) is 1. The molecule has 1 heterocycles.